The van der Waals surface area contributed by atoms with Crippen molar-refractivity contribution in [3.63, 3.8) is 0 Å². The zero-order valence-corrected chi connectivity index (χ0v) is 5.95. The van der Waals surface area contributed by atoms with Crippen molar-refractivity contribution < 1.29 is 9.53 Å². The van der Waals surface area contributed by atoms with Crippen LogP contribution in [-0.4, -0.2) is 18.6 Å². The van der Waals surface area contributed by atoms with Crippen LogP contribution in [0.15, 0.2) is 0 Å². The first kappa shape index (κ1) is 7.54. The van der Waals surface area contributed by atoms with Gasteiger partial charge in [-0.3, -0.25) is 4.79 Å². The van der Waals surface area contributed by atoms with E-state index in [4.69, 9.17) is 10.5 Å². The van der Waals surface area contributed by atoms with Gasteiger partial charge in [0.1, 0.15) is 6.10 Å². The summed E-state index contributed by atoms with van der Waals surface area (Å²) in [6.07, 6.45) is 3.97. The number of carbonyl (C=O) groups excluding carboxylic acids is 1. The molecule has 0 radical (unpaired) electrons. The van der Waals surface area contributed by atoms with Gasteiger partial charge in [0.25, 0.3) is 6.47 Å². The van der Waals surface area contributed by atoms with Crippen LogP contribution in [-0.2, 0) is 9.53 Å². The molecule has 0 amide bonds. The Bertz CT molecular complexity index is 108. The number of ether oxygens (including phenoxy) is 1. The van der Waals surface area contributed by atoms with Crippen LogP contribution in [0.3, 0.4) is 0 Å². The first-order valence-electron chi connectivity index (χ1n) is 3.67. The highest BCUT2D eigenvalue weighted by Gasteiger charge is 2.18. The molecule has 0 atom stereocenters. The largest absolute Gasteiger partial charge is 0.465 e. The van der Waals surface area contributed by atoms with Gasteiger partial charge in [0.2, 0.25) is 0 Å². The van der Waals surface area contributed by atoms with Gasteiger partial charge < -0.3 is 10.5 Å². The molecule has 0 bridgehead atoms. The van der Waals surface area contributed by atoms with E-state index in [9.17, 15) is 4.79 Å². The van der Waals surface area contributed by atoms with E-state index in [0.29, 0.717) is 12.5 Å². The highest BCUT2D eigenvalue weighted by Crippen LogP contribution is 2.18. The van der Waals surface area contributed by atoms with E-state index in [1.165, 1.54) is 0 Å². The Morgan fingerprint density at radius 1 is 1.30 bits per heavy atom. The third kappa shape index (κ3) is 1.99. The van der Waals surface area contributed by atoms with Gasteiger partial charge in [-0.05, 0) is 25.7 Å². The second-order valence-electron chi connectivity index (χ2n) is 2.77. The van der Waals surface area contributed by atoms with Gasteiger partial charge in [0, 0.05) is 6.04 Å². The van der Waals surface area contributed by atoms with Crippen molar-refractivity contribution in [3.8, 4) is 0 Å². The Balaban J connectivity index is 2.19. The number of carbonyl (C=O) groups is 1. The van der Waals surface area contributed by atoms with Crippen LogP contribution in [0.2, 0.25) is 0 Å². The van der Waals surface area contributed by atoms with Gasteiger partial charge in [-0.25, -0.2) is 0 Å². The molecule has 1 saturated carbocycles. The molecule has 3 heteroatoms. The van der Waals surface area contributed by atoms with Crippen molar-refractivity contribution in [1.29, 1.82) is 0 Å². The Morgan fingerprint density at radius 3 is 2.40 bits per heavy atom. The molecular formula is C7H13NO2. The second kappa shape index (κ2) is 3.56. The monoisotopic (exact) mass is 143 g/mol. The molecule has 1 rings (SSSR count). The summed E-state index contributed by atoms with van der Waals surface area (Å²) in [4.78, 5) is 9.90. The summed E-state index contributed by atoms with van der Waals surface area (Å²) in [5, 5.41) is 0. The summed E-state index contributed by atoms with van der Waals surface area (Å²) < 4.78 is 4.80. The maximum Gasteiger partial charge on any atom is 0.293 e. The summed E-state index contributed by atoms with van der Waals surface area (Å²) in [6, 6.07) is 0.325. The molecule has 0 spiro atoms. The van der Waals surface area contributed by atoms with E-state index >= 15 is 0 Å². The molecule has 0 saturated heterocycles. The van der Waals surface area contributed by atoms with Gasteiger partial charge >= 0.3 is 0 Å². The quantitative estimate of drug-likeness (QED) is 0.570. The van der Waals surface area contributed by atoms with Gasteiger partial charge in [-0.1, -0.05) is 0 Å². The average molecular weight is 143 g/mol. The Kier molecular flexibility index (Phi) is 2.68. The first-order valence-corrected chi connectivity index (χ1v) is 3.67. The molecule has 0 aromatic rings. The van der Waals surface area contributed by atoms with E-state index in [2.05, 4.69) is 0 Å². The van der Waals surface area contributed by atoms with E-state index in [-0.39, 0.29) is 6.10 Å². The third-order valence-electron chi connectivity index (χ3n) is 1.97. The molecule has 0 aromatic carbocycles. The Labute approximate surface area is 60.5 Å². The van der Waals surface area contributed by atoms with Crippen molar-refractivity contribution >= 4 is 6.47 Å². The predicted molar refractivity (Wildman–Crippen MR) is 37.4 cm³/mol. The molecule has 0 aliphatic heterocycles. The number of nitrogens with two attached hydrogens (primary N) is 1. The Morgan fingerprint density at radius 2 is 1.90 bits per heavy atom. The van der Waals surface area contributed by atoms with E-state index < -0.39 is 0 Å². The smallest absolute Gasteiger partial charge is 0.293 e. The minimum Gasteiger partial charge on any atom is -0.465 e. The summed E-state index contributed by atoms with van der Waals surface area (Å²) in [5.74, 6) is 0. The maximum absolute atomic E-state index is 9.90. The number of hydrogen-bond acceptors (Lipinski definition) is 3. The molecule has 1 aliphatic carbocycles. The lowest BCUT2D eigenvalue weighted by molar-refractivity contribution is -0.135. The fourth-order valence-corrected chi connectivity index (χ4v) is 1.30. The van der Waals surface area contributed by atoms with Crippen LogP contribution in [0.4, 0.5) is 0 Å². The number of hydrogen-bond donors (Lipinski definition) is 1. The Hall–Kier alpha value is -0.570. The summed E-state index contributed by atoms with van der Waals surface area (Å²) in [5.41, 5.74) is 5.65. The zero-order chi connectivity index (χ0) is 7.40. The van der Waals surface area contributed by atoms with Crippen molar-refractivity contribution in [2.75, 3.05) is 0 Å². The molecule has 0 aromatic heterocycles. The predicted octanol–water partition coefficient (Wildman–Crippen LogP) is 0.429. The minimum atomic E-state index is 0.136. The topological polar surface area (TPSA) is 52.3 Å². The van der Waals surface area contributed by atoms with Crippen LogP contribution >= 0.6 is 0 Å². The fourth-order valence-electron chi connectivity index (χ4n) is 1.30. The van der Waals surface area contributed by atoms with Crippen molar-refractivity contribution in [2.45, 2.75) is 37.8 Å². The number of rotatable bonds is 2. The second-order valence-corrected chi connectivity index (χ2v) is 2.77. The normalized spacial score (nSPS) is 33.3. The van der Waals surface area contributed by atoms with Crippen LogP contribution in [0.25, 0.3) is 0 Å². The van der Waals surface area contributed by atoms with Gasteiger partial charge in [0.05, 0.1) is 0 Å². The van der Waals surface area contributed by atoms with Crippen LogP contribution < -0.4 is 5.73 Å². The molecule has 0 heterocycles. The van der Waals surface area contributed by atoms with Crippen molar-refractivity contribution in [3.05, 3.63) is 0 Å². The van der Waals surface area contributed by atoms with Gasteiger partial charge in [-0.15, -0.1) is 0 Å². The lowest BCUT2D eigenvalue weighted by Gasteiger charge is -2.24. The summed E-state index contributed by atoms with van der Waals surface area (Å²) in [7, 11) is 0. The summed E-state index contributed by atoms with van der Waals surface area (Å²) in [6.45, 7) is 0.529. The molecule has 1 aliphatic rings. The highest BCUT2D eigenvalue weighted by molar-refractivity contribution is 5.37. The molecule has 1 fully saturated rings. The van der Waals surface area contributed by atoms with Gasteiger partial charge in [-0.2, -0.15) is 0 Å². The SMILES string of the molecule is N[C@H]1CC[C@H](OC=O)CC1. The summed E-state index contributed by atoms with van der Waals surface area (Å²) >= 11 is 0. The van der Waals surface area contributed by atoms with Crippen LogP contribution in [0, 0.1) is 0 Å². The zero-order valence-electron chi connectivity index (χ0n) is 5.95. The van der Waals surface area contributed by atoms with E-state index in [0.717, 1.165) is 25.7 Å². The lowest BCUT2D eigenvalue weighted by Crippen LogP contribution is -2.29. The minimum absolute atomic E-state index is 0.136. The highest BCUT2D eigenvalue weighted by atomic mass is 16.5. The van der Waals surface area contributed by atoms with E-state index in [1.54, 1.807) is 0 Å². The van der Waals surface area contributed by atoms with Gasteiger partial charge in [0.15, 0.2) is 0 Å². The molecule has 2 N–H and O–H groups in total. The molecule has 10 heavy (non-hydrogen) atoms. The first-order chi connectivity index (χ1) is 4.83. The fraction of sp³-hybridized carbons (Fsp3) is 0.857. The standard InChI is InChI=1S/C7H13NO2/c8-6-1-3-7(4-2-6)10-5-9/h5-7H,1-4,8H2/t6-,7-. The lowest BCUT2D eigenvalue weighted by atomic mass is 9.94. The molecule has 3 nitrogen and oxygen atoms in total. The average Bonchev–Trinajstić information content (AvgIpc) is 1.95. The van der Waals surface area contributed by atoms with Crippen molar-refractivity contribution in [2.24, 2.45) is 5.73 Å². The van der Waals surface area contributed by atoms with Crippen molar-refractivity contribution in [1.82, 2.24) is 0 Å². The van der Waals surface area contributed by atoms with E-state index in [1.807, 2.05) is 0 Å². The molecule has 58 valence electrons. The molecule has 0 unspecified atom stereocenters. The van der Waals surface area contributed by atoms with Crippen LogP contribution in [0.5, 0.6) is 0 Å². The molecular weight excluding hydrogens is 130 g/mol. The van der Waals surface area contributed by atoms with Crippen LogP contribution in [0.1, 0.15) is 25.7 Å². The maximum atomic E-state index is 9.90. The third-order valence-corrected chi connectivity index (χ3v) is 1.97.